The van der Waals surface area contributed by atoms with Crippen LogP contribution < -0.4 is 10.2 Å². The summed E-state index contributed by atoms with van der Waals surface area (Å²) in [5.74, 6) is -0.165. The van der Waals surface area contributed by atoms with Crippen LogP contribution in [0.4, 0.5) is 19.4 Å². The summed E-state index contributed by atoms with van der Waals surface area (Å²) in [6.45, 7) is 9.89. The summed E-state index contributed by atoms with van der Waals surface area (Å²) in [5.41, 5.74) is -0.469. The highest BCUT2D eigenvalue weighted by molar-refractivity contribution is 5.89. The molecule has 1 aromatic heterocycles. The molecule has 0 atom stereocenters. The number of alkyl carbamates (subject to hydrolysis) is 1. The molecule has 1 N–H and O–H groups in total. The Kier molecular flexibility index (Phi) is 7.07. The van der Waals surface area contributed by atoms with Gasteiger partial charge in [0.25, 0.3) is 0 Å². The fourth-order valence-corrected chi connectivity index (χ4v) is 4.80. The standard InChI is InChI=1S/C24H34F2N4O3/c1-24(2,3)32-23(31)27-18-6-4-16(5-7-18)8-9-29-10-12-30(13-11-29)22-19-14-17(25)15-20(26)21(19)33-28-22/h14-16,18H,4-13H2,1-3H3,(H,27,31)/t16-,18-. The van der Waals surface area contributed by atoms with E-state index in [4.69, 9.17) is 9.26 Å². The summed E-state index contributed by atoms with van der Waals surface area (Å²) >= 11 is 0. The van der Waals surface area contributed by atoms with Crippen LogP contribution in [0, 0.1) is 17.6 Å². The van der Waals surface area contributed by atoms with Crippen LogP contribution in [0.2, 0.25) is 0 Å². The number of aromatic nitrogens is 1. The van der Waals surface area contributed by atoms with Crippen molar-refractivity contribution in [2.24, 2.45) is 5.92 Å². The van der Waals surface area contributed by atoms with E-state index >= 15 is 0 Å². The number of anilines is 1. The number of carbonyl (C=O) groups is 1. The van der Waals surface area contributed by atoms with Gasteiger partial charge in [-0.05, 0) is 71.4 Å². The van der Waals surface area contributed by atoms with Gasteiger partial charge in [-0.3, -0.25) is 4.90 Å². The molecule has 9 heteroatoms. The zero-order valence-corrected chi connectivity index (χ0v) is 19.7. The van der Waals surface area contributed by atoms with Crippen molar-refractivity contribution in [3.05, 3.63) is 23.8 Å². The second kappa shape index (κ2) is 9.83. The lowest BCUT2D eigenvalue weighted by atomic mass is 9.84. The Morgan fingerprint density at radius 3 is 2.52 bits per heavy atom. The SMILES string of the molecule is CC(C)(C)OC(=O)N[C@H]1CC[C@H](CCN2CCN(c3noc4c(F)cc(F)cc34)CC2)CC1. The molecular formula is C24H34F2N4O3. The monoisotopic (exact) mass is 464 g/mol. The van der Waals surface area contributed by atoms with Crippen LogP contribution in [-0.2, 0) is 4.74 Å². The molecule has 2 fully saturated rings. The van der Waals surface area contributed by atoms with E-state index in [-0.39, 0.29) is 17.7 Å². The Morgan fingerprint density at radius 1 is 1.15 bits per heavy atom. The number of carbonyl (C=O) groups excluding carboxylic acids is 1. The maximum atomic E-state index is 13.9. The van der Waals surface area contributed by atoms with Crippen LogP contribution in [-0.4, -0.2) is 60.5 Å². The molecule has 0 unspecified atom stereocenters. The second-order valence-corrected chi connectivity index (χ2v) is 10.3. The fourth-order valence-electron chi connectivity index (χ4n) is 4.80. The molecule has 2 aliphatic rings. The molecule has 7 nitrogen and oxygen atoms in total. The zero-order chi connectivity index (χ0) is 23.6. The molecule has 1 saturated carbocycles. The largest absolute Gasteiger partial charge is 0.444 e. The highest BCUT2D eigenvalue weighted by Crippen LogP contribution is 2.30. The van der Waals surface area contributed by atoms with Gasteiger partial charge in [0.05, 0.1) is 5.39 Å². The van der Waals surface area contributed by atoms with E-state index in [1.165, 1.54) is 6.07 Å². The van der Waals surface area contributed by atoms with Crippen LogP contribution >= 0.6 is 0 Å². The quantitative estimate of drug-likeness (QED) is 0.692. The molecule has 182 valence electrons. The van der Waals surface area contributed by atoms with Gasteiger partial charge in [0.1, 0.15) is 11.4 Å². The van der Waals surface area contributed by atoms with Gasteiger partial charge in [-0.15, -0.1) is 0 Å². The van der Waals surface area contributed by atoms with Crippen molar-refractivity contribution in [3.8, 4) is 0 Å². The van der Waals surface area contributed by atoms with Crippen molar-refractivity contribution in [1.29, 1.82) is 0 Å². The molecule has 0 bridgehead atoms. The number of hydrogen-bond acceptors (Lipinski definition) is 6. The highest BCUT2D eigenvalue weighted by atomic mass is 19.1. The summed E-state index contributed by atoms with van der Waals surface area (Å²) < 4.78 is 38.0. The lowest BCUT2D eigenvalue weighted by Gasteiger charge is -2.36. The topological polar surface area (TPSA) is 70.8 Å². The summed E-state index contributed by atoms with van der Waals surface area (Å²) in [7, 11) is 0. The Labute approximate surface area is 193 Å². The van der Waals surface area contributed by atoms with Crippen molar-refractivity contribution in [3.63, 3.8) is 0 Å². The maximum absolute atomic E-state index is 13.9. The summed E-state index contributed by atoms with van der Waals surface area (Å²) in [6.07, 6.45) is 5.02. The number of amides is 1. The third-order valence-electron chi connectivity index (χ3n) is 6.57. The number of nitrogens with zero attached hydrogens (tertiary/aromatic N) is 3. The second-order valence-electron chi connectivity index (χ2n) is 10.3. The molecule has 1 aliphatic carbocycles. The lowest BCUT2D eigenvalue weighted by Crippen LogP contribution is -2.47. The van der Waals surface area contributed by atoms with Crippen molar-refractivity contribution < 1.29 is 22.8 Å². The van der Waals surface area contributed by atoms with Crippen LogP contribution in [0.3, 0.4) is 0 Å². The number of fused-ring (bicyclic) bond motifs is 1. The minimum Gasteiger partial charge on any atom is -0.444 e. The van der Waals surface area contributed by atoms with E-state index in [1.807, 2.05) is 25.7 Å². The first-order valence-electron chi connectivity index (χ1n) is 11.9. The van der Waals surface area contributed by atoms with E-state index in [1.54, 1.807) is 0 Å². The first kappa shape index (κ1) is 23.7. The molecule has 0 spiro atoms. The molecule has 1 aliphatic heterocycles. The number of halogens is 2. The summed E-state index contributed by atoms with van der Waals surface area (Å²) in [6, 6.07) is 2.30. The van der Waals surface area contributed by atoms with Crippen LogP contribution in [0.15, 0.2) is 16.7 Å². The van der Waals surface area contributed by atoms with Gasteiger partial charge < -0.3 is 19.5 Å². The molecule has 1 saturated heterocycles. The fraction of sp³-hybridized carbons (Fsp3) is 0.667. The van der Waals surface area contributed by atoms with Crippen LogP contribution in [0.25, 0.3) is 11.0 Å². The van der Waals surface area contributed by atoms with Gasteiger partial charge >= 0.3 is 6.09 Å². The Bertz CT molecular complexity index is 959. The lowest BCUT2D eigenvalue weighted by molar-refractivity contribution is 0.0486. The van der Waals surface area contributed by atoms with Crippen molar-refractivity contribution in [2.75, 3.05) is 37.6 Å². The minimum absolute atomic E-state index is 0.00518. The normalized spacial score (nSPS) is 22.5. The van der Waals surface area contributed by atoms with Gasteiger partial charge in [0, 0.05) is 38.3 Å². The van der Waals surface area contributed by atoms with E-state index in [0.717, 1.165) is 70.9 Å². The average Bonchev–Trinajstić information content (AvgIpc) is 3.16. The Hall–Kier alpha value is -2.42. The van der Waals surface area contributed by atoms with Crippen LogP contribution in [0.1, 0.15) is 52.9 Å². The average molecular weight is 465 g/mol. The molecule has 1 amide bonds. The molecule has 0 radical (unpaired) electrons. The first-order chi connectivity index (χ1) is 15.7. The van der Waals surface area contributed by atoms with E-state index in [9.17, 15) is 13.6 Å². The van der Waals surface area contributed by atoms with E-state index < -0.39 is 17.2 Å². The number of rotatable bonds is 5. The number of benzene rings is 1. The smallest absolute Gasteiger partial charge is 0.407 e. The molecule has 2 aromatic rings. The maximum Gasteiger partial charge on any atom is 0.407 e. The third kappa shape index (κ3) is 6.13. The zero-order valence-electron chi connectivity index (χ0n) is 19.7. The van der Waals surface area contributed by atoms with Gasteiger partial charge in [-0.1, -0.05) is 5.16 Å². The molecular weight excluding hydrogens is 430 g/mol. The number of ether oxygens (including phenoxy) is 1. The van der Waals surface area contributed by atoms with Crippen molar-refractivity contribution >= 4 is 22.9 Å². The van der Waals surface area contributed by atoms with E-state index in [0.29, 0.717) is 17.1 Å². The summed E-state index contributed by atoms with van der Waals surface area (Å²) in [4.78, 5) is 16.4. The third-order valence-corrected chi connectivity index (χ3v) is 6.57. The first-order valence-corrected chi connectivity index (χ1v) is 11.9. The molecule has 1 aromatic carbocycles. The summed E-state index contributed by atoms with van der Waals surface area (Å²) in [5, 5.41) is 7.39. The van der Waals surface area contributed by atoms with Gasteiger partial charge in [0.2, 0.25) is 5.58 Å². The van der Waals surface area contributed by atoms with Crippen molar-refractivity contribution in [1.82, 2.24) is 15.4 Å². The molecule has 2 heterocycles. The van der Waals surface area contributed by atoms with Gasteiger partial charge in [-0.25, -0.2) is 13.6 Å². The Morgan fingerprint density at radius 2 is 1.85 bits per heavy atom. The van der Waals surface area contributed by atoms with Crippen molar-refractivity contribution in [2.45, 2.75) is 64.5 Å². The van der Waals surface area contributed by atoms with Gasteiger partial charge in [0.15, 0.2) is 11.6 Å². The number of nitrogens with one attached hydrogen (secondary N) is 1. The van der Waals surface area contributed by atoms with Crippen LogP contribution in [0.5, 0.6) is 0 Å². The molecule has 4 rings (SSSR count). The predicted octanol–water partition coefficient (Wildman–Crippen LogP) is 4.70. The Balaban J connectivity index is 1.19. The minimum atomic E-state index is -0.724. The molecule has 33 heavy (non-hydrogen) atoms. The van der Waals surface area contributed by atoms with Gasteiger partial charge in [-0.2, -0.15) is 0 Å². The highest BCUT2D eigenvalue weighted by Gasteiger charge is 2.27. The van der Waals surface area contributed by atoms with E-state index in [2.05, 4.69) is 15.4 Å². The predicted molar refractivity (Wildman–Crippen MR) is 122 cm³/mol. The number of piperazine rings is 1. The number of hydrogen-bond donors (Lipinski definition) is 1.